The van der Waals surface area contributed by atoms with Crippen LogP contribution in [0, 0.1) is 19.2 Å². The van der Waals surface area contributed by atoms with Crippen LogP contribution in [-0.2, 0) is 5.41 Å². The molecule has 4 aromatic heterocycles. The summed E-state index contributed by atoms with van der Waals surface area (Å²) < 4.78 is 30.3. The van der Waals surface area contributed by atoms with Gasteiger partial charge in [-0.1, -0.05) is 46.8 Å². The lowest BCUT2D eigenvalue weighted by molar-refractivity contribution is 0.229. The number of pyridine rings is 2. The van der Waals surface area contributed by atoms with E-state index >= 15 is 0 Å². The van der Waals surface area contributed by atoms with Gasteiger partial charge >= 0.3 is 0 Å². The fraction of sp³-hybridized carbons (Fsp3) is 0.333. The summed E-state index contributed by atoms with van der Waals surface area (Å²) in [7, 11) is 0. The standard InChI is InChI=1S/C27H28N2OS/c1-15-11-12-18-17-9-8-10-19(23(17)30-25(18)28-15)20-13-14-21-22(29-20)16(2)24(31-21)27(6,7)26(3,4)5/h8-14H,1-7H3/i1D3. The van der Waals surface area contributed by atoms with Crippen LogP contribution in [0.15, 0.2) is 46.9 Å². The molecule has 4 heterocycles. The van der Waals surface area contributed by atoms with Crippen LogP contribution < -0.4 is 0 Å². The van der Waals surface area contributed by atoms with Crippen molar-refractivity contribution in [2.24, 2.45) is 5.41 Å². The fourth-order valence-corrected chi connectivity index (χ4v) is 5.52. The molecule has 4 heteroatoms. The van der Waals surface area contributed by atoms with Crippen LogP contribution in [-0.4, -0.2) is 9.97 Å². The number of benzene rings is 1. The number of aryl methyl sites for hydroxylation is 2. The average Bonchev–Trinajstić information content (AvgIpc) is 3.29. The second-order valence-electron chi connectivity index (χ2n) is 9.81. The minimum Gasteiger partial charge on any atom is -0.437 e. The van der Waals surface area contributed by atoms with Crippen LogP contribution in [0.4, 0.5) is 0 Å². The van der Waals surface area contributed by atoms with Crippen LogP contribution >= 0.6 is 11.3 Å². The normalized spacial score (nSPS) is 14.8. The summed E-state index contributed by atoms with van der Waals surface area (Å²) in [6.45, 7) is 11.3. The SMILES string of the molecule is [2H]C([2H])([2H])c1ccc2c(n1)oc1c(-c3ccc4sc(C(C)(C)C(C)(C)C)c(C)c4n3)cccc12. The monoisotopic (exact) mass is 431 g/mol. The van der Waals surface area contributed by atoms with Crippen LogP contribution in [0.2, 0.25) is 0 Å². The summed E-state index contributed by atoms with van der Waals surface area (Å²) in [6.07, 6.45) is 0. The molecule has 5 aromatic rings. The van der Waals surface area contributed by atoms with Gasteiger partial charge in [-0.25, -0.2) is 9.97 Å². The minimum absolute atomic E-state index is 0.00745. The van der Waals surface area contributed by atoms with Gasteiger partial charge in [-0.15, -0.1) is 11.3 Å². The number of hydrogen-bond acceptors (Lipinski definition) is 4. The maximum atomic E-state index is 7.66. The fourth-order valence-electron chi connectivity index (χ4n) is 4.06. The van der Waals surface area contributed by atoms with E-state index < -0.39 is 6.85 Å². The molecule has 0 saturated carbocycles. The number of aromatic nitrogens is 2. The second-order valence-corrected chi connectivity index (χ2v) is 10.9. The maximum absolute atomic E-state index is 7.66. The predicted molar refractivity (Wildman–Crippen MR) is 132 cm³/mol. The number of rotatable bonds is 2. The summed E-state index contributed by atoms with van der Waals surface area (Å²) in [4.78, 5) is 10.7. The molecule has 0 spiro atoms. The molecule has 0 unspecified atom stereocenters. The zero-order valence-electron chi connectivity index (χ0n) is 21.8. The number of para-hydroxylation sites is 1. The van der Waals surface area contributed by atoms with Crippen LogP contribution in [0.25, 0.3) is 43.5 Å². The Morgan fingerprint density at radius 3 is 2.48 bits per heavy atom. The molecule has 31 heavy (non-hydrogen) atoms. The molecule has 0 atom stereocenters. The van der Waals surface area contributed by atoms with Gasteiger partial charge in [-0.05, 0) is 55.1 Å². The third kappa shape index (κ3) is 3.00. The molecule has 0 amide bonds. The Morgan fingerprint density at radius 1 is 0.935 bits per heavy atom. The van der Waals surface area contributed by atoms with Gasteiger partial charge in [-0.3, -0.25) is 0 Å². The topological polar surface area (TPSA) is 38.9 Å². The zero-order chi connectivity index (χ0) is 24.6. The van der Waals surface area contributed by atoms with Crippen molar-refractivity contribution in [2.45, 2.75) is 53.8 Å². The molecule has 0 radical (unpaired) electrons. The Bertz CT molecular complexity index is 1570. The van der Waals surface area contributed by atoms with E-state index in [1.54, 1.807) is 12.1 Å². The largest absolute Gasteiger partial charge is 0.437 e. The van der Waals surface area contributed by atoms with Crippen molar-refractivity contribution >= 4 is 43.6 Å². The Labute approximate surface area is 191 Å². The lowest BCUT2D eigenvalue weighted by atomic mass is 9.68. The molecular weight excluding hydrogens is 400 g/mol. The van der Waals surface area contributed by atoms with E-state index in [4.69, 9.17) is 13.5 Å². The Balaban J connectivity index is 1.70. The number of fused-ring (bicyclic) bond motifs is 4. The Hall–Kier alpha value is -2.72. The molecule has 0 aliphatic carbocycles. The van der Waals surface area contributed by atoms with E-state index in [2.05, 4.69) is 52.6 Å². The third-order valence-electron chi connectivity index (χ3n) is 6.85. The molecule has 0 bridgehead atoms. The summed E-state index contributed by atoms with van der Waals surface area (Å²) in [5, 5.41) is 1.70. The van der Waals surface area contributed by atoms with Crippen molar-refractivity contribution < 1.29 is 8.53 Å². The van der Waals surface area contributed by atoms with Gasteiger partial charge in [0.2, 0.25) is 5.71 Å². The quantitative estimate of drug-likeness (QED) is 0.283. The molecule has 5 rings (SSSR count). The average molecular weight is 432 g/mol. The lowest BCUT2D eigenvalue weighted by Gasteiger charge is -2.38. The number of nitrogens with zero attached hydrogens (tertiary/aromatic N) is 2. The first-order valence-corrected chi connectivity index (χ1v) is 11.3. The molecule has 0 N–H and O–H groups in total. The van der Waals surface area contributed by atoms with Crippen molar-refractivity contribution in [1.29, 1.82) is 0 Å². The van der Waals surface area contributed by atoms with E-state index in [-0.39, 0.29) is 16.5 Å². The van der Waals surface area contributed by atoms with Crippen molar-refractivity contribution in [1.82, 2.24) is 9.97 Å². The van der Waals surface area contributed by atoms with Gasteiger partial charge in [0.05, 0.1) is 15.9 Å². The van der Waals surface area contributed by atoms with Crippen molar-refractivity contribution in [3.8, 4) is 11.3 Å². The highest BCUT2D eigenvalue weighted by molar-refractivity contribution is 7.19. The highest BCUT2D eigenvalue weighted by Crippen LogP contribution is 2.47. The van der Waals surface area contributed by atoms with Gasteiger partial charge in [0.1, 0.15) is 5.58 Å². The second kappa shape index (κ2) is 6.64. The highest BCUT2D eigenvalue weighted by atomic mass is 32.1. The third-order valence-corrected chi connectivity index (χ3v) is 8.42. The smallest absolute Gasteiger partial charge is 0.227 e. The number of hydrogen-bond donors (Lipinski definition) is 0. The Kier molecular flexibility index (Phi) is 3.62. The summed E-state index contributed by atoms with van der Waals surface area (Å²) in [5.41, 5.74) is 5.09. The Morgan fingerprint density at radius 2 is 1.74 bits per heavy atom. The maximum Gasteiger partial charge on any atom is 0.227 e. The molecule has 3 nitrogen and oxygen atoms in total. The molecule has 0 fully saturated rings. The van der Waals surface area contributed by atoms with E-state index in [0.717, 1.165) is 27.5 Å². The van der Waals surface area contributed by atoms with Crippen LogP contribution in [0.3, 0.4) is 0 Å². The van der Waals surface area contributed by atoms with Crippen LogP contribution in [0.5, 0.6) is 0 Å². The molecule has 0 aliphatic rings. The lowest BCUT2D eigenvalue weighted by Crippen LogP contribution is -2.33. The van der Waals surface area contributed by atoms with Gasteiger partial charge < -0.3 is 4.42 Å². The van der Waals surface area contributed by atoms with E-state index in [9.17, 15) is 0 Å². The number of furan rings is 1. The van der Waals surface area contributed by atoms with Gasteiger partial charge in [0.25, 0.3) is 0 Å². The predicted octanol–water partition coefficient (Wildman–Crippen LogP) is 8.20. The van der Waals surface area contributed by atoms with Crippen LogP contribution in [0.1, 0.15) is 54.9 Å². The summed E-state index contributed by atoms with van der Waals surface area (Å²) in [6, 6.07) is 13.4. The van der Waals surface area contributed by atoms with E-state index in [1.807, 2.05) is 35.6 Å². The van der Waals surface area contributed by atoms with Crippen molar-refractivity contribution in [3.05, 3.63) is 58.6 Å². The summed E-state index contributed by atoms with van der Waals surface area (Å²) in [5.74, 6) is 0. The minimum atomic E-state index is -2.28. The first-order valence-electron chi connectivity index (χ1n) is 12.0. The first-order chi connectivity index (χ1) is 15.8. The molecule has 0 aliphatic heterocycles. The van der Waals surface area contributed by atoms with Crippen molar-refractivity contribution in [3.63, 3.8) is 0 Å². The van der Waals surface area contributed by atoms with Gasteiger partial charge in [0, 0.05) is 36.4 Å². The molecular formula is C27H28N2OS. The number of thiophene rings is 1. The zero-order valence-corrected chi connectivity index (χ0v) is 19.6. The molecule has 1 aromatic carbocycles. The molecule has 158 valence electrons. The highest BCUT2D eigenvalue weighted by Gasteiger charge is 2.37. The van der Waals surface area contributed by atoms with Gasteiger partial charge in [0.15, 0.2) is 0 Å². The van der Waals surface area contributed by atoms with E-state index in [0.29, 0.717) is 11.3 Å². The van der Waals surface area contributed by atoms with Gasteiger partial charge in [-0.2, -0.15) is 0 Å². The molecule has 0 saturated heterocycles. The van der Waals surface area contributed by atoms with Crippen molar-refractivity contribution in [2.75, 3.05) is 0 Å². The van der Waals surface area contributed by atoms with E-state index in [1.165, 1.54) is 15.1 Å². The first kappa shape index (κ1) is 16.9. The summed E-state index contributed by atoms with van der Waals surface area (Å²) >= 11 is 1.82.